The van der Waals surface area contributed by atoms with E-state index in [0.717, 1.165) is 11.3 Å². The normalized spacial score (nSPS) is 14.2. The van der Waals surface area contributed by atoms with E-state index in [2.05, 4.69) is 10.3 Å². The quantitative estimate of drug-likeness (QED) is 0.855. The van der Waals surface area contributed by atoms with Crippen LogP contribution < -0.4 is 14.8 Å². The van der Waals surface area contributed by atoms with Gasteiger partial charge in [0.15, 0.2) is 11.5 Å². The van der Waals surface area contributed by atoms with Crippen molar-refractivity contribution >= 4 is 18.1 Å². The van der Waals surface area contributed by atoms with Crippen molar-refractivity contribution in [1.29, 1.82) is 0 Å². The SMILES string of the molecule is CC(NC(=O)c1ccc[nH]c1=S)c1ccc2c(c1)OCCO2. The highest BCUT2D eigenvalue weighted by Gasteiger charge is 2.16. The number of hydrogen-bond acceptors (Lipinski definition) is 4. The van der Waals surface area contributed by atoms with Gasteiger partial charge in [-0.1, -0.05) is 18.3 Å². The predicted molar refractivity (Wildman–Crippen MR) is 84.9 cm³/mol. The molecule has 1 unspecified atom stereocenters. The zero-order valence-electron chi connectivity index (χ0n) is 12.1. The minimum absolute atomic E-state index is 0.169. The number of fused-ring (bicyclic) bond motifs is 1. The van der Waals surface area contributed by atoms with Gasteiger partial charge in [0.1, 0.15) is 17.9 Å². The molecule has 3 rings (SSSR count). The van der Waals surface area contributed by atoms with Crippen LogP contribution in [0.15, 0.2) is 36.5 Å². The van der Waals surface area contributed by atoms with Gasteiger partial charge in [0.2, 0.25) is 0 Å². The number of carbonyl (C=O) groups excluding carboxylic acids is 1. The Kier molecular flexibility index (Phi) is 4.11. The van der Waals surface area contributed by atoms with Crippen molar-refractivity contribution in [1.82, 2.24) is 10.3 Å². The number of aromatic nitrogens is 1. The molecule has 0 radical (unpaired) electrons. The first-order valence-corrected chi connectivity index (χ1v) is 7.44. The van der Waals surface area contributed by atoms with Gasteiger partial charge < -0.3 is 19.8 Å². The van der Waals surface area contributed by atoms with Crippen LogP contribution in [0.5, 0.6) is 11.5 Å². The molecule has 0 spiro atoms. The smallest absolute Gasteiger partial charge is 0.254 e. The molecule has 0 fully saturated rings. The van der Waals surface area contributed by atoms with Crippen molar-refractivity contribution in [3.05, 3.63) is 52.3 Å². The molecule has 0 saturated carbocycles. The summed E-state index contributed by atoms with van der Waals surface area (Å²) in [5.41, 5.74) is 1.41. The average molecular weight is 316 g/mol. The lowest BCUT2D eigenvalue weighted by Gasteiger charge is -2.21. The lowest BCUT2D eigenvalue weighted by atomic mass is 10.1. The Morgan fingerprint density at radius 1 is 1.27 bits per heavy atom. The van der Waals surface area contributed by atoms with E-state index >= 15 is 0 Å². The third-order valence-electron chi connectivity index (χ3n) is 3.48. The molecule has 1 amide bonds. The summed E-state index contributed by atoms with van der Waals surface area (Å²) in [6, 6.07) is 8.96. The number of rotatable bonds is 3. The third kappa shape index (κ3) is 2.96. The Balaban J connectivity index is 1.77. The molecule has 0 saturated heterocycles. The molecule has 2 aromatic rings. The Morgan fingerprint density at radius 2 is 2.05 bits per heavy atom. The number of hydrogen-bond donors (Lipinski definition) is 2. The highest BCUT2D eigenvalue weighted by Crippen LogP contribution is 2.32. The zero-order valence-corrected chi connectivity index (χ0v) is 12.9. The molecular formula is C16H16N2O3S. The minimum atomic E-state index is -0.204. The summed E-state index contributed by atoms with van der Waals surface area (Å²) in [5, 5.41) is 2.94. The van der Waals surface area contributed by atoms with Crippen LogP contribution in [-0.2, 0) is 0 Å². The first-order chi connectivity index (χ1) is 10.6. The molecule has 1 aromatic heterocycles. The summed E-state index contributed by atoms with van der Waals surface area (Å²) in [5.74, 6) is 1.24. The fourth-order valence-electron chi connectivity index (χ4n) is 2.29. The standard InChI is InChI=1S/C16H16N2O3S/c1-10(18-15(19)12-3-2-6-17-16(12)22)11-4-5-13-14(9-11)21-8-7-20-13/h2-6,9-10H,7-8H2,1H3,(H,17,22)(H,18,19). The largest absolute Gasteiger partial charge is 0.486 e. The lowest BCUT2D eigenvalue weighted by molar-refractivity contribution is 0.0939. The molecule has 2 N–H and O–H groups in total. The Hall–Kier alpha value is -2.34. The van der Waals surface area contributed by atoms with E-state index in [1.807, 2.05) is 25.1 Å². The van der Waals surface area contributed by atoms with Crippen LogP contribution in [0.1, 0.15) is 28.9 Å². The molecule has 6 heteroatoms. The summed E-state index contributed by atoms with van der Waals surface area (Å²) >= 11 is 5.12. The molecule has 0 aliphatic carbocycles. The van der Waals surface area contributed by atoms with E-state index in [4.69, 9.17) is 21.7 Å². The molecule has 1 aliphatic rings. The summed E-state index contributed by atoms with van der Waals surface area (Å²) in [7, 11) is 0. The van der Waals surface area contributed by atoms with Crippen LogP contribution >= 0.6 is 12.2 Å². The van der Waals surface area contributed by atoms with E-state index in [1.165, 1.54) is 0 Å². The first kappa shape index (κ1) is 14.6. The number of ether oxygens (including phenoxy) is 2. The van der Waals surface area contributed by atoms with Crippen molar-refractivity contribution in [3.8, 4) is 11.5 Å². The summed E-state index contributed by atoms with van der Waals surface area (Å²) in [4.78, 5) is 15.1. The Bertz CT molecular complexity index is 757. The average Bonchev–Trinajstić information content (AvgIpc) is 2.54. The predicted octanol–water partition coefficient (Wildman–Crippen LogP) is 3.01. The summed E-state index contributed by atoms with van der Waals surface area (Å²) in [6.45, 7) is 3.01. The molecular weight excluding hydrogens is 300 g/mol. The van der Waals surface area contributed by atoms with Gasteiger partial charge in [0.05, 0.1) is 11.6 Å². The van der Waals surface area contributed by atoms with Crippen molar-refractivity contribution < 1.29 is 14.3 Å². The fraction of sp³-hybridized carbons (Fsp3) is 0.250. The van der Waals surface area contributed by atoms with E-state index < -0.39 is 0 Å². The maximum absolute atomic E-state index is 12.3. The number of aromatic amines is 1. The molecule has 114 valence electrons. The molecule has 22 heavy (non-hydrogen) atoms. The van der Waals surface area contributed by atoms with Gasteiger partial charge >= 0.3 is 0 Å². The molecule has 1 aromatic carbocycles. The van der Waals surface area contributed by atoms with E-state index in [-0.39, 0.29) is 11.9 Å². The molecule has 1 aliphatic heterocycles. The molecule has 5 nitrogen and oxygen atoms in total. The third-order valence-corrected chi connectivity index (χ3v) is 3.81. The number of nitrogens with one attached hydrogen (secondary N) is 2. The van der Waals surface area contributed by atoms with Crippen LogP contribution in [0.2, 0.25) is 0 Å². The van der Waals surface area contributed by atoms with Crippen LogP contribution in [-0.4, -0.2) is 24.1 Å². The summed E-state index contributed by atoms with van der Waals surface area (Å²) < 4.78 is 11.5. The molecule has 2 heterocycles. The fourth-order valence-corrected chi connectivity index (χ4v) is 2.52. The van der Waals surface area contributed by atoms with Gasteiger partial charge in [-0.2, -0.15) is 0 Å². The molecule has 1 atom stereocenters. The number of pyridine rings is 1. The zero-order chi connectivity index (χ0) is 15.5. The molecule has 0 bridgehead atoms. The van der Waals surface area contributed by atoms with E-state index in [0.29, 0.717) is 29.2 Å². The number of carbonyl (C=O) groups is 1. The van der Waals surface area contributed by atoms with Crippen molar-refractivity contribution in [2.75, 3.05) is 13.2 Å². The topological polar surface area (TPSA) is 63.4 Å². The number of benzene rings is 1. The van der Waals surface area contributed by atoms with Gasteiger partial charge in [0, 0.05) is 6.20 Å². The van der Waals surface area contributed by atoms with E-state index in [1.54, 1.807) is 18.3 Å². The van der Waals surface area contributed by atoms with Crippen LogP contribution in [0.4, 0.5) is 0 Å². The van der Waals surface area contributed by atoms with Gasteiger partial charge in [0.25, 0.3) is 5.91 Å². The Morgan fingerprint density at radius 3 is 2.82 bits per heavy atom. The van der Waals surface area contributed by atoms with Crippen LogP contribution in [0.3, 0.4) is 0 Å². The van der Waals surface area contributed by atoms with Gasteiger partial charge in [-0.25, -0.2) is 0 Å². The second-order valence-electron chi connectivity index (χ2n) is 5.01. The number of amides is 1. The summed E-state index contributed by atoms with van der Waals surface area (Å²) in [6.07, 6.45) is 1.70. The van der Waals surface area contributed by atoms with Crippen LogP contribution in [0.25, 0.3) is 0 Å². The van der Waals surface area contributed by atoms with Crippen LogP contribution in [0, 0.1) is 4.64 Å². The van der Waals surface area contributed by atoms with E-state index in [9.17, 15) is 4.79 Å². The maximum atomic E-state index is 12.3. The highest BCUT2D eigenvalue weighted by atomic mass is 32.1. The second kappa shape index (κ2) is 6.19. The first-order valence-electron chi connectivity index (χ1n) is 7.03. The lowest BCUT2D eigenvalue weighted by Crippen LogP contribution is -2.27. The minimum Gasteiger partial charge on any atom is -0.486 e. The van der Waals surface area contributed by atoms with Gasteiger partial charge in [-0.15, -0.1) is 0 Å². The van der Waals surface area contributed by atoms with Gasteiger partial charge in [-0.05, 0) is 36.8 Å². The second-order valence-corrected chi connectivity index (χ2v) is 5.42. The van der Waals surface area contributed by atoms with Gasteiger partial charge in [-0.3, -0.25) is 4.79 Å². The number of H-pyrrole nitrogens is 1. The highest BCUT2D eigenvalue weighted by molar-refractivity contribution is 7.71. The maximum Gasteiger partial charge on any atom is 0.254 e. The van der Waals surface area contributed by atoms with Crippen molar-refractivity contribution in [3.63, 3.8) is 0 Å². The monoisotopic (exact) mass is 316 g/mol. The van der Waals surface area contributed by atoms with Crippen molar-refractivity contribution in [2.24, 2.45) is 0 Å². The Labute approximate surface area is 133 Å². The van der Waals surface area contributed by atoms with Crippen molar-refractivity contribution in [2.45, 2.75) is 13.0 Å².